The Labute approximate surface area is 117 Å². The van der Waals surface area contributed by atoms with Crippen LogP contribution in [0.4, 0.5) is 4.39 Å². The van der Waals surface area contributed by atoms with E-state index in [-0.39, 0.29) is 11.9 Å². The van der Waals surface area contributed by atoms with Gasteiger partial charge in [0, 0.05) is 29.0 Å². The topological polar surface area (TPSA) is 30.9 Å². The van der Waals surface area contributed by atoms with Crippen molar-refractivity contribution in [2.24, 2.45) is 11.7 Å². The molecule has 0 spiro atoms. The van der Waals surface area contributed by atoms with E-state index in [2.05, 4.69) is 0 Å². The number of aromatic nitrogens is 1. The van der Waals surface area contributed by atoms with Gasteiger partial charge in [-0.3, -0.25) is 0 Å². The summed E-state index contributed by atoms with van der Waals surface area (Å²) in [6.45, 7) is 0.433. The van der Waals surface area contributed by atoms with Crippen molar-refractivity contribution in [2.45, 2.75) is 25.4 Å². The number of hydrogen-bond donors (Lipinski definition) is 1. The third kappa shape index (κ3) is 2.67. The molecule has 1 aliphatic carbocycles. The molecule has 0 radical (unpaired) electrons. The van der Waals surface area contributed by atoms with Crippen LogP contribution in [0.2, 0.25) is 5.02 Å². The molecule has 0 aliphatic heterocycles. The van der Waals surface area contributed by atoms with Gasteiger partial charge in [0.2, 0.25) is 0 Å². The summed E-state index contributed by atoms with van der Waals surface area (Å²) in [5.41, 5.74) is 7.79. The Balaban J connectivity index is 1.80. The van der Waals surface area contributed by atoms with Crippen molar-refractivity contribution >= 4 is 11.6 Å². The van der Waals surface area contributed by atoms with Gasteiger partial charge in [0.25, 0.3) is 0 Å². The van der Waals surface area contributed by atoms with E-state index in [1.54, 1.807) is 12.1 Å². The minimum absolute atomic E-state index is 0.109. The highest BCUT2D eigenvalue weighted by Gasteiger charge is 2.29. The highest BCUT2D eigenvalue weighted by atomic mass is 35.5. The van der Waals surface area contributed by atoms with Crippen LogP contribution in [0.1, 0.15) is 30.0 Å². The maximum absolute atomic E-state index is 13.7. The molecule has 1 aromatic heterocycles. The van der Waals surface area contributed by atoms with Gasteiger partial charge in [-0.25, -0.2) is 4.39 Å². The number of rotatable bonds is 4. The molecule has 2 nitrogen and oxygen atoms in total. The van der Waals surface area contributed by atoms with E-state index in [1.807, 2.05) is 23.0 Å². The lowest BCUT2D eigenvalue weighted by Crippen LogP contribution is -2.11. The van der Waals surface area contributed by atoms with Crippen LogP contribution >= 0.6 is 11.6 Å². The van der Waals surface area contributed by atoms with Gasteiger partial charge < -0.3 is 10.3 Å². The zero-order valence-electron chi connectivity index (χ0n) is 10.5. The molecule has 1 aromatic carbocycles. The largest absolute Gasteiger partial charge is 0.349 e. The molecule has 100 valence electrons. The van der Waals surface area contributed by atoms with Crippen LogP contribution in [0.5, 0.6) is 0 Å². The number of benzene rings is 1. The molecular weight excluding hydrogens is 263 g/mol. The lowest BCUT2D eigenvalue weighted by molar-refractivity contribution is 0.598. The summed E-state index contributed by atoms with van der Waals surface area (Å²) in [4.78, 5) is 0. The Hall–Kier alpha value is -1.32. The Kier molecular flexibility index (Phi) is 3.33. The van der Waals surface area contributed by atoms with Crippen LogP contribution in [0.15, 0.2) is 36.7 Å². The van der Waals surface area contributed by atoms with Crippen LogP contribution < -0.4 is 5.73 Å². The Morgan fingerprint density at radius 1 is 1.37 bits per heavy atom. The van der Waals surface area contributed by atoms with E-state index in [0.29, 0.717) is 23.0 Å². The number of hydrogen-bond acceptors (Lipinski definition) is 1. The Morgan fingerprint density at radius 3 is 2.84 bits per heavy atom. The molecule has 0 amide bonds. The van der Waals surface area contributed by atoms with E-state index < -0.39 is 0 Å². The second kappa shape index (κ2) is 4.99. The maximum Gasteiger partial charge on any atom is 0.129 e. The number of halogens is 2. The van der Waals surface area contributed by atoms with Crippen molar-refractivity contribution in [3.05, 3.63) is 58.6 Å². The van der Waals surface area contributed by atoms with E-state index >= 15 is 0 Å². The van der Waals surface area contributed by atoms with Crippen molar-refractivity contribution < 1.29 is 4.39 Å². The highest BCUT2D eigenvalue weighted by Crippen LogP contribution is 2.39. The molecule has 1 saturated carbocycles. The predicted molar refractivity (Wildman–Crippen MR) is 74.6 cm³/mol. The summed E-state index contributed by atoms with van der Waals surface area (Å²) in [7, 11) is 0. The molecular formula is C15H16ClFN2. The standard InChI is InChI=1S/C15H16ClFN2/c16-13-2-1-3-14(17)12(13)9-19-7-6-11(8-19)15(18)10-4-5-10/h1-3,6-8,10,15H,4-5,9,18H2. The van der Waals surface area contributed by atoms with Gasteiger partial charge in [0.05, 0.1) is 6.54 Å². The van der Waals surface area contributed by atoms with Gasteiger partial charge in [-0.2, -0.15) is 0 Å². The summed E-state index contributed by atoms with van der Waals surface area (Å²) in [6, 6.07) is 6.88. The van der Waals surface area contributed by atoms with Crippen LogP contribution in [0, 0.1) is 11.7 Å². The molecule has 1 aliphatic rings. The third-order valence-electron chi connectivity index (χ3n) is 3.69. The minimum Gasteiger partial charge on any atom is -0.349 e. The monoisotopic (exact) mass is 278 g/mol. The van der Waals surface area contributed by atoms with E-state index in [9.17, 15) is 4.39 Å². The van der Waals surface area contributed by atoms with Crippen LogP contribution in [-0.4, -0.2) is 4.57 Å². The van der Waals surface area contributed by atoms with Crippen molar-refractivity contribution in [2.75, 3.05) is 0 Å². The van der Waals surface area contributed by atoms with Crippen molar-refractivity contribution in [1.29, 1.82) is 0 Å². The zero-order chi connectivity index (χ0) is 13.4. The Morgan fingerprint density at radius 2 is 2.16 bits per heavy atom. The zero-order valence-corrected chi connectivity index (χ0v) is 11.3. The first-order chi connectivity index (χ1) is 9.15. The third-order valence-corrected chi connectivity index (χ3v) is 4.04. The first-order valence-corrected chi connectivity index (χ1v) is 6.87. The van der Waals surface area contributed by atoms with Gasteiger partial charge in [0.1, 0.15) is 5.82 Å². The summed E-state index contributed by atoms with van der Waals surface area (Å²) >= 11 is 6.03. The molecule has 1 fully saturated rings. The molecule has 1 atom stereocenters. The maximum atomic E-state index is 13.7. The summed E-state index contributed by atoms with van der Waals surface area (Å²) < 4.78 is 15.6. The SMILES string of the molecule is NC(c1ccn(Cc2c(F)cccc2Cl)c1)C1CC1. The van der Waals surface area contributed by atoms with Crippen molar-refractivity contribution in [1.82, 2.24) is 4.57 Å². The fourth-order valence-electron chi connectivity index (χ4n) is 2.35. The minimum atomic E-state index is -0.269. The number of nitrogens with two attached hydrogens (primary N) is 1. The van der Waals surface area contributed by atoms with Crippen LogP contribution in [-0.2, 0) is 6.54 Å². The van der Waals surface area contributed by atoms with Crippen molar-refractivity contribution in [3.63, 3.8) is 0 Å². The van der Waals surface area contributed by atoms with Gasteiger partial charge >= 0.3 is 0 Å². The quantitative estimate of drug-likeness (QED) is 0.907. The first kappa shape index (κ1) is 12.7. The number of nitrogens with zero attached hydrogens (tertiary/aromatic N) is 1. The molecule has 2 aromatic rings. The summed E-state index contributed by atoms with van der Waals surface area (Å²) in [5.74, 6) is 0.349. The smallest absolute Gasteiger partial charge is 0.129 e. The average Bonchev–Trinajstić information content (AvgIpc) is 3.13. The molecule has 1 unspecified atom stereocenters. The van der Waals surface area contributed by atoms with Crippen molar-refractivity contribution in [3.8, 4) is 0 Å². The van der Waals surface area contributed by atoms with Gasteiger partial charge in [-0.05, 0) is 42.5 Å². The molecule has 0 bridgehead atoms. The van der Waals surface area contributed by atoms with Crippen LogP contribution in [0.3, 0.4) is 0 Å². The molecule has 0 saturated heterocycles. The van der Waals surface area contributed by atoms with Gasteiger partial charge in [-0.15, -0.1) is 0 Å². The van der Waals surface area contributed by atoms with Gasteiger partial charge in [-0.1, -0.05) is 17.7 Å². The molecule has 1 heterocycles. The summed E-state index contributed by atoms with van der Waals surface area (Å²) in [5, 5.41) is 0.460. The average molecular weight is 279 g/mol. The lowest BCUT2D eigenvalue weighted by atomic mass is 10.1. The second-order valence-electron chi connectivity index (χ2n) is 5.18. The van der Waals surface area contributed by atoms with E-state index in [0.717, 1.165) is 5.56 Å². The predicted octanol–water partition coefficient (Wildman–Crippen LogP) is 3.74. The molecule has 2 N–H and O–H groups in total. The molecule has 4 heteroatoms. The fourth-order valence-corrected chi connectivity index (χ4v) is 2.57. The normalized spacial score (nSPS) is 16.6. The molecule has 19 heavy (non-hydrogen) atoms. The lowest BCUT2D eigenvalue weighted by Gasteiger charge is -2.09. The van der Waals surface area contributed by atoms with E-state index in [1.165, 1.54) is 18.9 Å². The summed E-state index contributed by atoms with van der Waals surface area (Å²) in [6.07, 6.45) is 6.35. The Bertz CT molecular complexity index is 569. The van der Waals surface area contributed by atoms with Gasteiger partial charge in [0.15, 0.2) is 0 Å². The first-order valence-electron chi connectivity index (χ1n) is 6.49. The highest BCUT2D eigenvalue weighted by molar-refractivity contribution is 6.31. The van der Waals surface area contributed by atoms with Crippen LogP contribution in [0.25, 0.3) is 0 Å². The second-order valence-corrected chi connectivity index (χ2v) is 5.59. The van der Waals surface area contributed by atoms with E-state index in [4.69, 9.17) is 17.3 Å². The molecule has 3 rings (SSSR count). The fraction of sp³-hybridized carbons (Fsp3) is 0.333.